The van der Waals surface area contributed by atoms with Crippen LogP contribution in [0.1, 0.15) is 23.6 Å². The Morgan fingerprint density at radius 1 is 1.11 bits per heavy atom. The first kappa shape index (κ1) is 12.0. The molecule has 1 heteroatoms. The van der Waals surface area contributed by atoms with Gasteiger partial charge in [-0.25, -0.2) is 0 Å². The Hall–Kier alpha value is -2.02. The molecule has 1 aliphatic carbocycles. The zero-order chi connectivity index (χ0) is 13.2. The second kappa shape index (κ2) is 4.93. The molecule has 0 bridgehead atoms. The third-order valence-electron chi connectivity index (χ3n) is 3.80. The van der Waals surface area contributed by atoms with Crippen LogP contribution in [0.15, 0.2) is 48.5 Å². The summed E-state index contributed by atoms with van der Waals surface area (Å²) in [5.41, 5.74) is 5.48. The summed E-state index contributed by atoms with van der Waals surface area (Å²) in [5, 5.41) is 0. The van der Waals surface area contributed by atoms with Crippen LogP contribution in [0.25, 0.3) is 11.6 Å². The highest BCUT2D eigenvalue weighted by Gasteiger charge is 2.23. The lowest BCUT2D eigenvalue weighted by Gasteiger charge is -2.07. The fraction of sp³-hybridized carbons (Fsp3) is 0.222. The van der Waals surface area contributed by atoms with E-state index in [0.29, 0.717) is 5.92 Å². The Labute approximate surface area is 114 Å². The summed E-state index contributed by atoms with van der Waals surface area (Å²) in [5.74, 6) is 1.52. The second-order valence-corrected chi connectivity index (χ2v) is 5.14. The number of fused-ring (bicyclic) bond motifs is 1. The Kier molecular flexibility index (Phi) is 3.12. The minimum atomic E-state index is 0.572. The molecule has 2 aromatic rings. The van der Waals surface area contributed by atoms with Gasteiger partial charge in [0.25, 0.3) is 0 Å². The van der Waals surface area contributed by atoms with Crippen molar-refractivity contribution in [2.24, 2.45) is 5.92 Å². The van der Waals surface area contributed by atoms with Crippen molar-refractivity contribution in [3.63, 3.8) is 0 Å². The molecule has 0 aliphatic heterocycles. The summed E-state index contributed by atoms with van der Waals surface area (Å²) in [6.45, 7) is 2.29. The van der Waals surface area contributed by atoms with Gasteiger partial charge >= 0.3 is 0 Å². The van der Waals surface area contributed by atoms with Crippen molar-refractivity contribution in [3.8, 4) is 5.75 Å². The summed E-state index contributed by atoms with van der Waals surface area (Å²) in [6, 6.07) is 16.9. The Balaban J connectivity index is 2.03. The number of methoxy groups -OCH3 is 1. The molecule has 96 valence electrons. The van der Waals surface area contributed by atoms with Gasteiger partial charge in [0.2, 0.25) is 0 Å². The number of ether oxygens (including phenoxy) is 1. The highest BCUT2D eigenvalue weighted by Crippen LogP contribution is 2.39. The van der Waals surface area contributed by atoms with Crippen molar-refractivity contribution in [3.05, 3.63) is 65.2 Å². The van der Waals surface area contributed by atoms with Crippen LogP contribution >= 0.6 is 0 Å². The van der Waals surface area contributed by atoms with Crippen LogP contribution in [0, 0.1) is 5.92 Å². The predicted octanol–water partition coefficient (Wildman–Crippen LogP) is 4.43. The molecule has 0 aromatic heterocycles. The Bertz CT molecular complexity index is 611. The van der Waals surface area contributed by atoms with Gasteiger partial charge in [-0.1, -0.05) is 49.4 Å². The minimum absolute atomic E-state index is 0.572. The summed E-state index contributed by atoms with van der Waals surface area (Å²) in [4.78, 5) is 0. The first-order valence-corrected chi connectivity index (χ1v) is 6.72. The molecule has 0 fully saturated rings. The topological polar surface area (TPSA) is 9.23 Å². The standard InChI is InChI=1S/C18H18O/c1-13-10-15-12-16(19-2)8-9-17(15)18(13)11-14-6-4-3-5-7-14/h3-9,11-13H,10H2,1-2H3. The van der Waals surface area contributed by atoms with Gasteiger partial charge in [0.05, 0.1) is 7.11 Å². The van der Waals surface area contributed by atoms with Crippen molar-refractivity contribution in [1.29, 1.82) is 0 Å². The van der Waals surface area contributed by atoms with E-state index in [1.165, 1.54) is 22.3 Å². The lowest BCUT2D eigenvalue weighted by Crippen LogP contribution is -1.90. The predicted molar refractivity (Wildman–Crippen MR) is 80.2 cm³/mol. The zero-order valence-electron chi connectivity index (χ0n) is 11.4. The second-order valence-electron chi connectivity index (χ2n) is 5.14. The maximum absolute atomic E-state index is 5.31. The number of rotatable bonds is 2. The van der Waals surface area contributed by atoms with E-state index < -0.39 is 0 Å². The van der Waals surface area contributed by atoms with E-state index in [0.717, 1.165) is 12.2 Å². The van der Waals surface area contributed by atoms with Gasteiger partial charge in [-0.2, -0.15) is 0 Å². The van der Waals surface area contributed by atoms with Crippen molar-refractivity contribution in [2.45, 2.75) is 13.3 Å². The van der Waals surface area contributed by atoms with Gasteiger partial charge in [0, 0.05) is 0 Å². The lowest BCUT2D eigenvalue weighted by atomic mass is 9.99. The molecule has 19 heavy (non-hydrogen) atoms. The van der Waals surface area contributed by atoms with Crippen molar-refractivity contribution >= 4 is 11.6 Å². The number of benzene rings is 2. The van der Waals surface area contributed by atoms with Gasteiger partial charge in [-0.05, 0) is 46.7 Å². The molecule has 1 nitrogen and oxygen atoms in total. The van der Waals surface area contributed by atoms with Gasteiger partial charge in [0.1, 0.15) is 5.75 Å². The molecule has 1 unspecified atom stereocenters. The molecule has 0 saturated carbocycles. The maximum atomic E-state index is 5.31. The third-order valence-corrected chi connectivity index (χ3v) is 3.80. The van der Waals surface area contributed by atoms with E-state index in [1.807, 2.05) is 0 Å². The van der Waals surface area contributed by atoms with Gasteiger partial charge in [-0.15, -0.1) is 0 Å². The van der Waals surface area contributed by atoms with Crippen molar-refractivity contribution in [2.75, 3.05) is 7.11 Å². The van der Waals surface area contributed by atoms with Crippen LogP contribution in [0.5, 0.6) is 5.75 Å². The molecule has 0 N–H and O–H groups in total. The maximum Gasteiger partial charge on any atom is 0.119 e. The van der Waals surface area contributed by atoms with Gasteiger partial charge in [0.15, 0.2) is 0 Å². The van der Waals surface area contributed by atoms with Gasteiger partial charge < -0.3 is 4.74 Å². The van der Waals surface area contributed by atoms with E-state index in [2.05, 4.69) is 61.5 Å². The number of allylic oxidation sites excluding steroid dienone is 1. The summed E-state index contributed by atoms with van der Waals surface area (Å²) < 4.78 is 5.31. The van der Waals surface area contributed by atoms with Crippen LogP contribution in [0.4, 0.5) is 0 Å². The first-order valence-electron chi connectivity index (χ1n) is 6.72. The summed E-state index contributed by atoms with van der Waals surface area (Å²) >= 11 is 0. The van der Waals surface area contributed by atoms with Crippen LogP contribution in [0.2, 0.25) is 0 Å². The third kappa shape index (κ3) is 2.28. The molecule has 1 aliphatic rings. The highest BCUT2D eigenvalue weighted by atomic mass is 16.5. The van der Waals surface area contributed by atoms with Crippen LogP contribution in [-0.4, -0.2) is 7.11 Å². The Morgan fingerprint density at radius 3 is 2.63 bits per heavy atom. The molecule has 0 saturated heterocycles. The van der Waals surface area contributed by atoms with Crippen LogP contribution < -0.4 is 4.74 Å². The molecule has 3 rings (SSSR count). The monoisotopic (exact) mass is 250 g/mol. The smallest absolute Gasteiger partial charge is 0.119 e. The Morgan fingerprint density at radius 2 is 1.89 bits per heavy atom. The summed E-state index contributed by atoms with van der Waals surface area (Å²) in [6.07, 6.45) is 3.41. The zero-order valence-corrected chi connectivity index (χ0v) is 11.4. The fourth-order valence-corrected chi connectivity index (χ4v) is 2.80. The lowest BCUT2D eigenvalue weighted by molar-refractivity contribution is 0.414. The van der Waals surface area contributed by atoms with E-state index in [1.54, 1.807) is 7.11 Å². The van der Waals surface area contributed by atoms with E-state index in [-0.39, 0.29) is 0 Å². The number of hydrogen-bond acceptors (Lipinski definition) is 1. The minimum Gasteiger partial charge on any atom is -0.497 e. The molecule has 2 aromatic carbocycles. The van der Waals surface area contributed by atoms with Crippen LogP contribution in [0.3, 0.4) is 0 Å². The van der Waals surface area contributed by atoms with Crippen LogP contribution in [-0.2, 0) is 6.42 Å². The SMILES string of the molecule is COc1ccc2c(c1)CC(C)C2=Cc1ccccc1. The normalized spacial score (nSPS) is 19.5. The fourth-order valence-electron chi connectivity index (χ4n) is 2.80. The quantitative estimate of drug-likeness (QED) is 0.766. The average molecular weight is 250 g/mol. The van der Waals surface area contributed by atoms with E-state index in [9.17, 15) is 0 Å². The molecular formula is C18H18O. The van der Waals surface area contributed by atoms with E-state index >= 15 is 0 Å². The van der Waals surface area contributed by atoms with Crippen molar-refractivity contribution < 1.29 is 4.74 Å². The molecule has 1 atom stereocenters. The first-order chi connectivity index (χ1) is 9.28. The highest BCUT2D eigenvalue weighted by molar-refractivity contribution is 5.86. The molecule has 0 radical (unpaired) electrons. The van der Waals surface area contributed by atoms with Gasteiger partial charge in [-0.3, -0.25) is 0 Å². The molecule has 0 heterocycles. The molecular weight excluding hydrogens is 232 g/mol. The average Bonchev–Trinajstić information content (AvgIpc) is 2.75. The van der Waals surface area contributed by atoms with Crippen molar-refractivity contribution in [1.82, 2.24) is 0 Å². The molecule has 0 amide bonds. The largest absolute Gasteiger partial charge is 0.497 e. The number of hydrogen-bond donors (Lipinski definition) is 0. The summed E-state index contributed by atoms with van der Waals surface area (Å²) in [7, 11) is 1.72. The van der Waals surface area contributed by atoms with E-state index in [4.69, 9.17) is 4.74 Å². The molecule has 0 spiro atoms.